The first-order valence-electron chi connectivity index (χ1n) is 6.63. The average Bonchev–Trinajstić information content (AvgIpc) is 2.63. The van der Waals surface area contributed by atoms with Gasteiger partial charge in [0.25, 0.3) is 0 Å². The molecule has 2 fully saturated rings. The summed E-state index contributed by atoms with van der Waals surface area (Å²) in [6.07, 6.45) is 4.08. The molecule has 6 heteroatoms. The van der Waals surface area contributed by atoms with Crippen molar-refractivity contribution in [2.45, 2.75) is 43.6 Å². The first kappa shape index (κ1) is 13.8. The van der Waals surface area contributed by atoms with E-state index in [1.54, 1.807) is 6.07 Å². The van der Waals surface area contributed by atoms with Crippen LogP contribution in [0.4, 0.5) is 0 Å². The molecule has 1 aromatic heterocycles. The van der Waals surface area contributed by atoms with Crippen molar-refractivity contribution in [2.75, 3.05) is 0 Å². The lowest BCUT2D eigenvalue weighted by Crippen LogP contribution is -2.39. The van der Waals surface area contributed by atoms with Crippen molar-refractivity contribution in [3.63, 3.8) is 0 Å². The summed E-state index contributed by atoms with van der Waals surface area (Å²) < 4.78 is 5.45. The molecule has 3 rings (SSSR count). The molecule has 1 atom stereocenters. The number of nitrogens with zero attached hydrogens (tertiary/aromatic N) is 1. The van der Waals surface area contributed by atoms with E-state index >= 15 is 0 Å². The number of ether oxygens (including phenoxy) is 1. The van der Waals surface area contributed by atoms with E-state index in [0.29, 0.717) is 18.4 Å². The van der Waals surface area contributed by atoms with E-state index in [1.165, 1.54) is 6.07 Å². The van der Waals surface area contributed by atoms with E-state index < -0.39 is 17.5 Å². The van der Waals surface area contributed by atoms with E-state index in [-0.39, 0.29) is 16.1 Å². The molecule has 1 unspecified atom stereocenters. The van der Waals surface area contributed by atoms with Crippen LogP contribution in [0.3, 0.4) is 0 Å². The highest BCUT2D eigenvalue weighted by Crippen LogP contribution is 2.44. The molecule has 20 heavy (non-hydrogen) atoms. The molecular weight excluding hydrogens is 301 g/mol. The quantitative estimate of drug-likeness (QED) is 0.453. The summed E-state index contributed by atoms with van der Waals surface area (Å²) in [7, 11) is 0. The molecule has 1 spiro atoms. The minimum absolute atomic E-state index is 0.0839. The lowest BCUT2D eigenvalue weighted by atomic mass is 9.78. The van der Waals surface area contributed by atoms with Gasteiger partial charge in [0.2, 0.25) is 0 Å². The molecule has 0 bridgehead atoms. The molecule has 0 N–H and O–H groups in total. The third-order valence-corrected chi connectivity index (χ3v) is 4.57. The molecule has 0 radical (unpaired) electrons. The van der Waals surface area contributed by atoms with Gasteiger partial charge in [0.15, 0.2) is 11.4 Å². The monoisotopic (exact) mass is 313 g/mol. The summed E-state index contributed by atoms with van der Waals surface area (Å²) in [5.41, 5.74) is -0.559. The fourth-order valence-corrected chi connectivity index (χ4v) is 3.50. The molecule has 1 saturated carbocycles. The number of carbonyl (C=O) groups excluding carboxylic acids is 2. The lowest BCUT2D eigenvalue weighted by molar-refractivity contribution is -0.154. The number of ketones is 1. The highest BCUT2D eigenvalue weighted by atomic mass is 35.5. The van der Waals surface area contributed by atoms with Crippen molar-refractivity contribution in [3.8, 4) is 0 Å². The van der Waals surface area contributed by atoms with Gasteiger partial charge in [-0.25, -0.2) is 4.98 Å². The summed E-state index contributed by atoms with van der Waals surface area (Å²) in [5, 5.41) is 0.311. The largest absolute Gasteiger partial charge is 0.450 e. The van der Waals surface area contributed by atoms with Gasteiger partial charge in [-0.1, -0.05) is 35.7 Å². The summed E-state index contributed by atoms with van der Waals surface area (Å²) in [5.74, 6) is -1.68. The van der Waals surface area contributed by atoms with Crippen molar-refractivity contribution in [3.05, 3.63) is 28.0 Å². The van der Waals surface area contributed by atoms with Gasteiger partial charge in [0.05, 0.1) is 0 Å². The van der Waals surface area contributed by atoms with Gasteiger partial charge >= 0.3 is 5.97 Å². The zero-order valence-corrected chi connectivity index (χ0v) is 12.2. The van der Waals surface area contributed by atoms with Gasteiger partial charge in [-0.15, -0.1) is 0 Å². The van der Waals surface area contributed by atoms with E-state index in [0.717, 1.165) is 19.3 Å². The predicted octanol–water partition coefficient (Wildman–Crippen LogP) is 3.30. The number of hydrogen-bond donors (Lipinski definition) is 0. The van der Waals surface area contributed by atoms with Crippen molar-refractivity contribution in [1.29, 1.82) is 0 Å². The predicted molar refractivity (Wildman–Crippen MR) is 73.9 cm³/mol. The highest BCUT2D eigenvalue weighted by molar-refractivity contribution is 6.33. The highest BCUT2D eigenvalue weighted by Gasteiger charge is 2.56. The van der Waals surface area contributed by atoms with Crippen LogP contribution in [0.1, 0.15) is 43.6 Å². The molecule has 1 aliphatic heterocycles. The number of aromatic nitrogens is 1. The Morgan fingerprint density at radius 1 is 1.15 bits per heavy atom. The van der Waals surface area contributed by atoms with Gasteiger partial charge < -0.3 is 4.74 Å². The Labute approximate surface area is 126 Å². The van der Waals surface area contributed by atoms with E-state index in [2.05, 4.69) is 4.98 Å². The topological polar surface area (TPSA) is 56.3 Å². The fourth-order valence-electron chi connectivity index (χ4n) is 3.05. The van der Waals surface area contributed by atoms with Crippen molar-refractivity contribution in [1.82, 2.24) is 4.98 Å². The lowest BCUT2D eigenvalue weighted by Gasteiger charge is -2.29. The molecule has 0 amide bonds. The standard InChI is InChI=1S/C14H13Cl2NO3/c15-9-5-4-8(12(16)17-9)10-11(18)14(20-13(10)19)6-2-1-3-7-14/h4-5,10H,1-3,6-7H2. The molecule has 1 saturated heterocycles. The molecule has 1 aromatic rings. The molecule has 2 heterocycles. The van der Waals surface area contributed by atoms with E-state index in [1.807, 2.05) is 0 Å². The van der Waals surface area contributed by atoms with Gasteiger partial charge in [-0.2, -0.15) is 0 Å². The maximum atomic E-state index is 12.7. The molecule has 1 aliphatic carbocycles. The molecule has 106 valence electrons. The summed E-state index contributed by atoms with van der Waals surface area (Å²) in [6.45, 7) is 0. The normalized spacial score (nSPS) is 25.0. The van der Waals surface area contributed by atoms with Gasteiger partial charge in [0.1, 0.15) is 16.2 Å². The second-order valence-corrected chi connectivity index (χ2v) is 6.03. The molecule has 0 aromatic carbocycles. The number of carbonyl (C=O) groups is 2. The third kappa shape index (κ3) is 2.11. The van der Waals surface area contributed by atoms with Crippen molar-refractivity contribution in [2.24, 2.45) is 0 Å². The Balaban J connectivity index is 1.98. The first-order chi connectivity index (χ1) is 9.53. The van der Waals surface area contributed by atoms with E-state index in [9.17, 15) is 9.59 Å². The third-order valence-electron chi connectivity index (χ3n) is 4.06. The smallest absolute Gasteiger partial charge is 0.322 e. The molecule has 4 nitrogen and oxygen atoms in total. The minimum Gasteiger partial charge on any atom is -0.450 e. The first-order valence-corrected chi connectivity index (χ1v) is 7.38. The van der Waals surface area contributed by atoms with Crippen LogP contribution in [-0.2, 0) is 14.3 Å². The Hall–Kier alpha value is -1.13. The zero-order chi connectivity index (χ0) is 14.3. The van der Waals surface area contributed by atoms with Crippen LogP contribution in [0.2, 0.25) is 10.3 Å². The second-order valence-electron chi connectivity index (χ2n) is 5.29. The minimum atomic E-state index is -0.967. The van der Waals surface area contributed by atoms with Crippen LogP contribution in [-0.4, -0.2) is 22.3 Å². The number of Topliss-reactive ketones (excluding diaryl/α,β-unsaturated/α-hetero) is 1. The maximum Gasteiger partial charge on any atom is 0.322 e. The van der Waals surface area contributed by atoms with E-state index in [4.69, 9.17) is 27.9 Å². The Morgan fingerprint density at radius 2 is 1.85 bits per heavy atom. The fraction of sp³-hybridized carbons (Fsp3) is 0.500. The van der Waals surface area contributed by atoms with Crippen molar-refractivity contribution < 1.29 is 14.3 Å². The number of pyridine rings is 1. The van der Waals surface area contributed by atoms with Crippen LogP contribution < -0.4 is 0 Å². The number of esters is 1. The van der Waals surface area contributed by atoms with Crippen LogP contribution in [0.15, 0.2) is 12.1 Å². The van der Waals surface area contributed by atoms with Crippen molar-refractivity contribution >= 4 is 35.0 Å². The second kappa shape index (κ2) is 5.01. The van der Waals surface area contributed by atoms with Crippen LogP contribution in [0.5, 0.6) is 0 Å². The Bertz CT molecular complexity index is 582. The number of rotatable bonds is 1. The SMILES string of the molecule is O=C1OC2(CCCCC2)C(=O)C1c1ccc(Cl)nc1Cl. The van der Waals surface area contributed by atoms with Crippen LogP contribution >= 0.6 is 23.2 Å². The zero-order valence-electron chi connectivity index (χ0n) is 10.7. The summed E-state index contributed by atoms with van der Waals surface area (Å²) in [4.78, 5) is 28.7. The summed E-state index contributed by atoms with van der Waals surface area (Å²) >= 11 is 11.8. The Kier molecular flexibility index (Phi) is 3.46. The Morgan fingerprint density at radius 3 is 2.50 bits per heavy atom. The number of hydrogen-bond acceptors (Lipinski definition) is 4. The van der Waals surface area contributed by atoms with Gasteiger partial charge in [-0.05, 0) is 31.7 Å². The molecule has 2 aliphatic rings. The maximum absolute atomic E-state index is 12.7. The van der Waals surface area contributed by atoms with Gasteiger partial charge in [-0.3, -0.25) is 9.59 Å². The molecular formula is C14H13Cl2NO3. The van der Waals surface area contributed by atoms with Crippen LogP contribution in [0.25, 0.3) is 0 Å². The summed E-state index contributed by atoms with van der Waals surface area (Å²) in [6, 6.07) is 3.10. The number of halogens is 2. The average molecular weight is 314 g/mol. The van der Waals surface area contributed by atoms with Crippen LogP contribution in [0, 0.1) is 0 Å². The van der Waals surface area contributed by atoms with Gasteiger partial charge in [0, 0.05) is 5.56 Å².